The maximum atomic E-state index is 4.46. The van der Waals surface area contributed by atoms with Crippen LogP contribution >= 0.6 is 24.0 Å². The highest BCUT2D eigenvalue weighted by molar-refractivity contribution is 14.0. The first kappa shape index (κ1) is 24.4. The van der Waals surface area contributed by atoms with E-state index >= 15 is 0 Å². The van der Waals surface area contributed by atoms with Gasteiger partial charge in [0, 0.05) is 45.3 Å². The van der Waals surface area contributed by atoms with E-state index in [2.05, 4.69) is 69.6 Å². The summed E-state index contributed by atoms with van der Waals surface area (Å²) in [5.41, 5.74) is 1.41. The fourth-order valence-corrected chi connectivity index (χ4v) is 4.31. The van der Waals surface area contributed by atoms with E-state index in [1.54, 1.807) is 0 Å². The number of benzene rings is 1. The molecular weight excluding hydrogens is 473 g/mol. The monoisotopic (exact) mass is 513 g/mol. The zero-order chi connectivity index (χ0) is 19.8. The molecule has 6 heteroatoms. The number of halogens is 1. The second kappa shape index (κ2) is 12.7. The summed E-state index contributed by atoms with van der Waals surface area (Å²) in [6.07, 6.45) is 5.01. The Kier molecular flexibility index (Phi) is 10.7. The van der Waals surface area contributed by atoms with Crippen LogP contribution in [0.5, 0.6) is 0 Å². The van der Waals surface area contributed by atoms with E-state index < -0.39 is 0 Å². The van der Waals surface area contributed by atoms with Crippen molar-refractivity contribution in [1.82, 2.24) is 20.4 Å². The zero-order valence-electron chi connectivity index (χ0n) is 18.4. The Morgan fingerprint density at radius 1 is 1.07 bits per heavy atom. The molecule has 2 aliphatic heterocycles. The second-order valence-electron chi connectivity index (χ2n) is 8.70. The minimum absolute atomic E-state index is 0. The number of piperidine rings is 2. The van der Waals surface area contributed by atoms with Crippen molar-refractivity contribution < 1.29 is 0 Å². The number of guanidine groups is 1. The Bertz CT molecular complexity index is 593. The van der Waals surface area contributed by atoms with Crippen molar-refractivity contribution in [3.8, 4) is 0 Å². The van der Waals surface area contributed by atoms with Gasteiger partial charge >= 0.3 is 0 Å². The third kappa shape index (κ3) is 8.06. The van der Waals surface area contributed by atoms with Gasteiger partial charge in [-0.1, -0.05) is 37.3 Å². The molecule has 2 fully saturated rings. The lowest BCUT2D eigenvalue weighted by Gasteiger charge is -2.36. The molecular formula is C23H40IN5. The summed E-state index contributed by atoms with van der Waals surface area (Å²) in [6.45, 7) is 11.5. The van der Waals surface area contributed by atoms with Gasteiger partial charge in [-0.25, -0.2) is 0 Å². The molecule has 2 aliphatic rings. The van der Waals surface area contributed by atoms with Gasteiger partial charge in [-0.15, -0.1) is 24.0 Å². The van der Waals surface area contributed by atoms with Gasteiger partial charge < -0.3 is 10.6 Å². The van der Waals surface area contributed by atoms with Crippen LogP contribution in [0.25, 0.3) is 0 Å². The number of hydrogen-bond acceptors (Lipinski definition) is 3. The molecule has 0 spiro atoms. The van der Waals surface area contributed by atoms with Gasteiger partial charge in [0.25, 0.3) is 0 Å². The van der Waals surface area contributed by atoms with E-state index in [1.165, 1.54) is 44.3 Å². The lowest BCUT2D eigenvalue weighted by molar-refractivity contribution is 0.147. The molecule has 3 rings (SSSR count). The van der Waals surface area contributed by atoms with E-state index in [9.17, 15) is 0 Å². The average molecular weight is 514 g/mol. The third-order valence-corrected chi connectivity index (χ3v) is 6.41. The van der Waals surface area contributed by atoms with Crippen molar-refractivity contribution in [2.45, 2.75) is 58.2 Å². The third-order valence-electron chi connectivity index (χ3n) is 6.41. The van der Waals surface area contributed by atoms with Crippen LogP contribution in [0.1, 0.15) is 45.1 Å². The summed E-state index contributed by atoms with van der Waals surface area (Å²) in [4.78, 5) is 9.63. The van der Waals surface area contributed by atoms with Crippen LogP contribution < -0.4 is 10.6 Å². The Labute approximate surface area is 194 Å². The Morgan fingerprint density at radius 2 is 1.72 bits per heavy atom. The van der Waals surface area contributed by atoms with Gasteiger partial charge in [-0.3, -0.25) is 14.8 Å². The van der Waals surface area contributed by atoms with Crippen LogP contribution in [0, 0.1) is 5.92 Å². The molecule has 2 saturated heterocycles. The molecule has 0 aromatic heterocycles. The molecule has 2 heterocycles. The van der Waals surface area contributed by atoms with Gasteiger partial charge in [-0.05, 0) is 57.2 Å². The van der Waals surface area contributed by atoms with Crippen LogP contribution in [0.15, 0.2) is 35.3 Å². The lowest BCUT2D eigenvalue weighted by Crippen LogP contribution is -2.51. The first-order chi connectivity index (χ1) is 13.6. The van der Waals surface area contributed by atoms with Crippen LogP contribution in [0.2, 0.25) is 0 Å². The van der Waals surface area contributed by atoms with Gasteiger partial charge in [-0.2, -0.15) is 0 Å². The van der Waals surface area contributed by atoms with Crippen LogP contribution in [0.4, 0.5) is 0 Å². The number of likely N-dealkylation sites (tertiary alicyclic amines) is 2. The van der Waals surface area contributed by atoms with Crippen molar-refractivity contribution in [3.63, 3.8) is 0 Å². The first-order valence-corrected chi connectivity index (χ1v) is 11.1. The van der Waals surface area contributed by atoms with Gasteiger partial charge in [0.15, 0.2) is 5.96 Å². The predicted octanol–water partition coefficient (Wildman–Crippen LogP) is 3.55. The normalized spacial score (nSPS) is 21.4. The van der Waals surface area contributed by atoms with E-state index in [0.717, 1.165) is 38.1 Å². The fraction of sp³-hybridized carbons (Fsp3) is 0.696. The minimum Gasteiger partial charge on any atom is -0.355 e. The van der Waals surface area contributed by atoms with Crippen molar-refractivity contribution in [2.24, 2.45) is 10.9 Å². The number of nitrogens with one attached hydrogen (secondary N) is 2. The van der Waals surface area contributed by atoms with Crippen molar-refractivity contribution in [2.75, 3.05) is 39.8 Å². The van der Waals surface area contributed by atoms with E-state index in [-0.39, 0.29) is 24.0 Å². The number of nitrogens with zero attached hydrogens (tertiary/aromatic N) is 3. The SMILES string of the molecule is CN=C(NCC(C)N1CCC(C)CC1)NC1CCN(Cc2ccccc2)CC1.I. The molecule has 1 aromatic carbocycles. The molecule has 29 heavy (non-hydrogen) atoms. The van der Waals surface area contributed by atoms with E-state index in [4.69, 9.17) is 0 Å². The van der Waals surface area contributed by atoms with Crippen LogP contribution in [-0.4, -0.2) is 67.6 Å². The molecule has 0 amide bonds. The van der Waals surface area contributed by atoms with Crippen LogP contribution in [-0.2, 0) is 6.54 Å². The van der Waals surface area contributed by atoms with Crippen molar-refractivity contribution in [3.05, 3.63) is 35.9 Å². The first-order valence-electron chi connectivity index (χ1n) is 11.1. The van der Waals surface area contributed by atoms with Crippen molar-refractivity contribution >= 4 is 29.9 Å². The molecule has 1 aromatic rings. The molecule has 5 nitrogen and oxygen atoms in total. The maximum absolute atomic E-state index is 4.46. The maximum Gasteiger partial charge on any atom is 0.191 e. The largest absolute Gasteiger partial charge is 0.355 e. The Hall–Kier alpha value is -0.860. The lowest BCUT2D eigenvalue weighted by atomic mass is 9.98. The summed E-state index contributed by atoms with van der Waals surface area (Å²) < 4.78 is 0. The summed E-state index contributed by atoms with van der Waals surface area (Å²) in [6, 6.07) is 11.9. The number of aliphatic imine (C=N–C) groups is 1. The molecule has 0 aliphatic carbocycles. The van der Waals surface area contributed by atoms with E-state index in [1.807, 2.05) is 7.05 Å². The number of rotatable bonds is 6. The summed E-state index contributed by atoms with van der Waals surface area (Å²) in [5.74, 6) is 1.84. The van der Waals surface area contributed by atoms with Crippen LogP contribution in [0.3, 0.4) is 0 Å². The highest BCUT2D eigenvalue weighted by Gasteiger charge is 2.22. The van der Waals surface area contributed by atoms with Gasteiger partial charge in [0.2, 0.25) is 0 Å². The second-order valence-corrected chi connectivity index (χ2v) is 8.70. The topological polar surface area (TPSA) is 42.9 Å². The van der Waals surface area contributed by atoms with Gasteiger partial charge in [0.1, 0.15) is 0 Å². The molecule has 2 N–H and O–H groups in total. The Balaban J connectivity index is 0.00000300. The highest BCUT2D eigenvalue weighted by atomic mass is 127. The molecule has 1 atom stereocenters. The number of hydrogen-bond donors (Lipinski definition) is 2. The molecule has 0 bridgehead atoms. The predicted molar refractivity (Wildman–Crippen MR) is 134 cm³/mol. The molecule has 0 saturated carbocycles. The quantitative estimate of drug-likeness (QED) is 0.347. The summed E-state index contributed by atoms with van der Waals surface area (Å²) in [7, 11) is 1.88. The fourth-order valence-electron chi connectivity index (χ4n) is 4.31. The van der Waals surface area contributed by atoms with E-state index in [0.29, 0.717) is 12.1 Å². The summed E-state index contributed by atoms with van der Waals surface area (Å²) in [5, 5.41) is 7.21. The summed E-state index contributed by atoms with van der Waals surface area (Å²) >= 11 is 0. The highest BCUT2D eigenvalue weighted by Crippen LogP contribution is 2.18. The molecule has 164 valence electrons. The molecule has 0 radical (unpaired) electrons. The zero-order valence-corrected chi connectivity index (χ0v) is 20.8. The molecule has 1 unspecified atom stereocenters. The van der Waals surface area contributed by atoms with Crippen molar-refractivity contribution in [1.29, 1.82) is 0 Å². The average Bonchev–Trinajstić information content (AvgIpc) is 2.73. The van der Waals surface area contributed by atoms with Gasteiger partial charge in [0.05, 0.1) is 0 Å². The standard InChI is InChI=1S/C23H39N5.HI/c1-19-9-15-28(16-10-19)20(2)17-25-23(24-3)26-22-11-13-27(14-12-22)18-21-7-5-4-6-8-21;/h4-8,19-20,22H,9-18H2,1-3H3,(H2,24,25,26);1H. The smallest absolute Gasteiger partial charge is 0.191 e. The Morgan fingerprint density at radius 3 is 2.34 bits per heavy atom. The minimum atomic E-state index is 0.